The molecular weight excluding hydrogens is 472 g/mol. The zero-order chi connectivity index (χ0) is 21.0. The first kappa shape index (κ1) is 22.5. The van der Waals surface area contributed by atoms with Crippen molar-refractivity contribution in [3.63, 3.8) is 0 Å². The third kappa shape index (κ3) is 4.76. The molecule has 1 aromatic carbocycles. The van der Waals surface area contributed by atoms with Gasteiger partial charge in [-0.25, -0.2) is 0 Å². The fraction of sp³-hybridized carbons (Fsp3) is 0.476. The van der Waals surface area contributed by atoms with Gasteiger partial charge in [-0.3, -0.25) is 14.5 Å². The van der Waals surface area contributed by atoms with E-state index in [1.54, 1.807) is 12.0 Å². The predicted molar refractivity (Wildman–Crippen MR) is 126 cm³/mol. The van der Waals surface area contributed by atoms with Crippen LogP contribution in [0, 0.1) is 0 Å². The lowest BCUT2D eigenvalue weighted by Gasteiger charge is -2.17. The Kier molecular flexibility index (Phi) is 7.90. The summed E-state index contributed by atoms with van der Waals surface area (Å²) in [6, 6.07) is 5.81. The lowest BCUT2D eigenvalue weighted by molar-refractivity contribution is -0.122. The van der Waals surface area contributed by atoms with Crippen LogP contribution in [0.1, 0.15) is 44.6 Å². The maximum Gasteiger partial charge on any atom is 0.267 e. The number of unbranched alkanes of at least 4 members (excludes halogenated alkanes) is 3. The van der Waals surface area contributed by atoms with Gasteiger partial charge >= 0.3 is 0 Å². The van der Waals surface area contributed by atoms with Gasteiger partial charge in [-0.15, -0.1) is 0 Å². The molecule has 0 radical (unpaired) electrons. The van der Waals surface area contributed by atoms with Gasteiger partial charge in [0.1, 0.15) is 4.32 Å². The highest BCUT2D eigenvalue weighted by molar-refractivity contribution is 9.10. The maximum absolute atomic E-state index is 13.3. The van der Waals surface area contributed by atoms with Crippen LogP contribution in [0.2, 0.25) is 0 Å². The van der Waals surface area contributed by atoms with Crippen molar-refractivity contribution in [2.45, 2.75) is 39.0 Å². The van der Waals surface area contributed by atoms with Crippen LogP contribution in [-0.4, -0.2) is 47.8 Å². The van der Waals surface area contributed by atoms with Gasteiger partial charge in [0.05, 0.1) is 16.2 Å². The fourth-order valence-electron chi connectivity index (χ4n) is 3.55. The molecule has 29 heavy (non-hydrogen) atoms. The second-order valence-corrected chi connectivity index (χ2v) is 9.61. The van der Waals surface area contributed by atoms with Crippen LogP contribution < -0.4 is 4.90 Å². The predicted octanol–water partition coefficient (Wildman–Crippen LogP) is 4.98. The zero-order valence-electron chi connectivity index (χ0n) is 16.7. The van der Waals surface area contributed by atoms with Gasteiger partial charge in [0, 0.05) is 36.8 Å². The molecule has 0 spiro atoms. The summed E-state index contributed by atoms with van der Waals surface area (Å²) < 4.78 is 6.46. The van der Waals surface area contributed by atoms with Crippen molar-refractivity contribution in [2.24, 2.45) is 0 Å². The molecule has 156 valence electrons. The minimum Gasteiger partial charge on any atom is -0.385 e. The molecule has 0 aromatic heterocycles. The first-order chi connectivity index (χ1) is 14.0. The molecule has 1 fully saturated rings. The number of carbonyl (C=O) groups is 2. The van der Waals surface area contributed by atoms with Gasteiger partial charge < -0.3 is 9.64 Å². The van der Waals surface area contributed by atoms with Gasteiger partial charge in [-0.2, -0.15) is 0 Å². The average Bonchev–Trinajstić information content (AvgIpc) is 3.12. The second kappa shape index (κ2) is 10.2. The normalized spacial score (nSPS) is 18.9. The number of methoxy groups -OCH3 is 1. The number of hydrogen-bond acceptors (Lipinski definition) is 5. The van der Waals surface area contributed by atoms with E-state index in [1.807, 2.05) is 23.1 Å². The van der Waals surface area contributed by atoms with E-state index in [2.05, 4.69) is 22.9 Å². The summed E-state index contributed by atoms with van der Waals surface area (Å²) in [5.74, 6) is -0.287. The minimum absolute atomic E-state index is 0.105. The molecule has 1 aromatic rings. The van der Waals surface area contributed by atoms with E-state index >= 15 is 0 Å². The topological polar surface area (TPSA) is 49.9 Å². The fourth-order valence-corrected chi connectivity index (χ4v) is 5.29. The number of thiocarbonyl (C=S) groups is 1. The van der Waals surface area contributed by atoms with Crippen molar-refractivity contribution in [2.75, 3.05) is 31.7 Å². The smallest absolute Gasteiger partial charge is 0.267 e. The number of hydrogen-bond donors (Lipinski definition) is 0. The molecule has 0 bridgehead atoms. The Balaban J connectivity index is 1.92. The zero-order valence-corrected chi connectivity index (χ0v) is 19.9. The Labute approximate surface area is 190 Å². The summed E-state index contributed by atoms with van der Waals surface area (Å²) >= 11 is 10.2. The SMILES string of the molecule is CCCCCCN1C(=O)C(=C2SC(=S)N(CCCOC)C2=O)c2cc(Br)ccc21. The summed E-state index contributed by atoms with van der Waals surface area (Å²) in [7, 11) is 1.63. The van der Waals surface area contributed by atoms with Crippen LogP contribution in [0.25, 0.3) is 5.57 Å². The summed E-state index contributed by atoms with van der Waals surface area (Å²) in [6.45, 7) is 3.88. The molecule has 2 aliphatic heterocycles. The Morgan fingerprint density at radius 2 is 1.83 bits per heavy atom. The van der Waals surface area contributed by atoms with Gasteiger partial charge in [0.2, 0.25) is 0 Å². The van der Waals surface area contributed by atoms with Crippen molar-refractivity contribution in [3.05, 3.63) is 33.1 Å². The number of ether oxygens (including phenoxy) is 1. The maximum atomic E-state index is 13.3. The third-order valence-electron chi connectivity index (χ3n) is 5.02. The van der Waals surface area contributed by atoms with Crippen LogP contribution in [0.5, 0.6) is 0 Å². The van der Waals surface area contributed by atoms with E-state index in [0.29, 0.717) is 40.9 Å². The van der Waals surface area contributed by atoms with Crippen molar-refractivity contribution < 1.29 is 14.3 Å². The second-order valence-electron chi connectivity index (χ2n) is 7.05. The van der Waals surface area contributed by atoms with E-state index in [-0.39, 0.29) is 11.8 Å². The van der Waals surface area contributed by atoms with E-state index < -0.39 is 0 Å². The first-order valence-corrected chi connectivity index (χ1v) is 11.9. The number of halogens is 1. The molecule has 0 unspecified atom stereocenters. The highest BCUT2D eigenvalue weighted by atomic mass is 79.9. The van der Waals surface area contributed by atoms with Gasteiger partial charge in [-0.1, -0.05) is 66.1 Å². The molecule has 1 saturated heterocycles. The number of nitrogens with zero attached hydrogens (tertiary/aromatic N) is 2. The summed E-state index contributed by atoms with van der Waals surface area (Å²) in [6.07, 6.45) is 5.03. The lowest BCUT2D eigenvalue weighted by Crippen LogP contribution is -2.31. The standard InChI is InChI=1S/C21H25BrN2O3S2/c1-3-4-5-6-10-23-16-9-8-14(22)13-15(16)17(19(23)25)18-20(26)24(21(28)29-18)11-7-12-27-2/h8-9,13H,3-7,10-12H2,1-2H3. The van der Waals surface area contributed by atoms with Crippen LogP contribution in [0.15, 0.2) is 27.6 Å². The van der Waals surface area contributed by atoms with Crippen LogP contribution >= 0.6 is 39.9 Å². The van der Waals surface area contributed by atoms with Crippen LogP contribution in [0.4, 0.5) is 5.69 Å². The Bertz CT molecular complexity index is 856. The number of benzene rings is 1. The Hall–Kier alpha value is -1.22. The average molecular weight is 497 g/mol. The Morgan fingerprint density at radius 1 is 1.07 bits per heavy atom. The lowest BCUT2D eigenvalue weighted by atomic mass is 10.1. The minimum atomic E-state index is -0.182. The molecule has 0 aliphatic carbocycles. The van der Waals surface area contributed by atoms with E-state index in [9.17, 15) is 9.59 Å². The van der Waals surface area contributed by atoms with Crippen molar-refractivity contribution in [1.82, 2.24) is 4.90 Å². The number of carbonyl (C=O) groups excluding carboxylic acids is 2. The van der Waals surface area contributed by atoms with E-state index in [1.165, 1.54) is 11.8 Å². The molecule has 2 heterocycles. The summed E-state index contributed by atoms with van der Waals surface area (Å²) in [5, 5.41) is 0. The van der Waals surface area contributed by atoms with Gasteiger partial charge in [0.25, 0.3) is 11.8 Å². The van der Waals surface area contributed by atoms with Gasteiger partial charge in [-0.05, 0) is 31.0 Å². The number of amides is 2. The summed E-state index contributed by atoms with van der Waals surface area (Å²) in [4.78, 5) is 30.3. The van der Waals surface area contributed by atoms with Crippen LogP contribution in [-0.2, 0) is 14.3 Å². The number of rotatable bonds is 9. The molecule has 8 heteroatoms. The van der Waals surface area contributed by atoms with Gasteiger partial charge in [0.15, 0.2) is 0 Å². The molecule has 0 saturated carbocycles. The van der Waals surface area contributed by atoms with E-state index in [4.69, 9.17) is 17.0 Å². The van der Waals surface area contributed by atoms with Crippen molar-refractivity contribution in [1.29, 1.82) is 0 Å². The monoisotopic (exact) mass is 496 g/mol. The number of thioether (sulfide) groups is 1. The first-order valence-electron chi connectivity index (χ1n) is 9.88. The third-order valence-corrected chi connectivity index (χ3v) is 6.96. The molecule has 0 atom stereocenters. The number of fused-ring (bicyclic) bond motifs is 1. The highest BCUT2D eigenvalue weighted by Crippen LogP contribution is 2.45. The molecular formula is C21H25BrN2O3S2. The molecule has 2 aliphatic rings. The van der Waals surface area contributed by atoms with Crippen molar-refractivity contribution >= 4 is 67.3 Å². The molecule has 2 amide bonds. The van der Waals surface area contributed by atoms with Crippen molar-refractivity contribution in [3.8, 4) is 0 Å². The highest BCUT2D eigenvalue weighted by Gasteiger charge is 2.41. The molecule has 0 N–H and O–H groups in total. The largest absolute Gasteiger partial charge is 0.385 e. The van der Waals surface area contributed by atoms with E-state index in [0.717, 1.165) is 41.4 Å². The molecule has 5 nitrogen and oxygen atoms in total. The summed E-state index contributed by atoms with van der Waals surface area (Å²) in [5.41, 5.74) is 2.15. The van der Waals surface area contributed by atoms with Crippen LogP contribution in [0.3, 0.4) is 0 Å². The quantitative estimate of drug-likeness (QED) is 0.274. The molecule has 3 rings (SSSR count). The number of anilines is 1. The Morgan fingerprint density at radius 3 is 2.55 bits per heavy atom.